The fraction of sp³-hybridized carbons (Fsp3) is 0.333. The van der Waals surface area contributed by atoms with E-state index in [4.69, 9.17) is 9.31 Å². The Bertz CT molecular complexity index is 1340. The van der Waals surface area contributed by atoms with Gasteiger partial charge in [0.1, 0.15) is 0 Å². The minimum Gasteiger partial charge on any atom is -0.399 e. The molecule has 3 aromatic rings. The lowest BCUT2D eigenvalue weighted by atomic mass is 9.78. The van der Waals surface area contributed by atoms with Crippen LogP contribution >= 0.6 is 0 Å². The maximum atomic E-state index is 6.10. The molecule has 1 fully saturated rings. The first-order valence-corrected chi connectivity index (χ1v) is 12.9. The molecule has 1 aliphatic carbocycles. The Morgan fingerprint density at radius 3 is 2.06 bits per heavy atom. The topological polar surface area (TPSA) is 18.5 Å². The summed E-state index contributed by atoms with van der Waals surface area (Å²) in [5, 5.41) is 2.48. The van der Waals surface area contributed by atoms with Crippen LogP contribution < -0.4 is 5.46 Å². The van der Waals surface area contributed by atoms with Gasteiger partial charge < -0.3 is 9.31 Å². The summed E-state index contributed by atoms with van der Waals surface area (Å²) in [6.45, 7) is 21.0. The van der Waals surface area contributed by atoms with Crippen LogP contribution in [0, 0.1) is 6.92 Å². The van der Waals surface area contributed by atoms with Crippen molar-refractivity contribution in [1.29, 1.82) is 0 Å². The molecule has 0 aromatic heterocycles. The Morgan fingerprint density at radius 1 is 0.806 bits per heavy atom. The van der Waals surface area contributed by atoms with Crippen LogP contribution in [0.1, 0.15) is 65.2 Å². The molecule has 36 heavy (non-hydrogen) atoms. The quantitative estimate of drug-likeness (QED) is 0.356. The molecule has 3 aromatic carbocycles. The molecule has 2 nitrogen and oxygen atoms in total. The summed E-state index contributed by atoms with van der Waals surface area (Å²) in [5.41, 5.74) is 7.25. The van der Waals surface area contributed by atoms with Crippen molar-refractivity contribution in [2.45, 2.75) is 72.0 Å². The SMILES string of the molecule is C=CC1=C(/C=C\C)c2ccccc2C1(C)C.Cc1ccc2cc(B3OC(C)(C)C(C)(C)O3)ccc2c1. The molecule has 0 spiro atoms. The predicted octanol–water partition coefficient (Wildman–Crippen LogP) is 7.94. The summed E-state index contributed by atoms with van der Waals surface area (Å²) in [6, 6.07) is 21.5. The van der Waals surface area contributed by atoms with Crippen molar-refractivity contribution < 1.29 is 9.31 Å². The van der Waals surface area contributed by atoms with Gasteiger partial charge in [0.25, 0.3) is 0 Å². The number of fused-ring (bicyclic) bond motifs is 2. The molecule has 3 heteroatoms. The first-order chi connectivity index (χ1) is 16.9. The highest BCUT2D eigenvalue weighted by atomic mass is 16.7. The van der Waals surface area contributed by atoms with Gasteiger partial charge in [0, 0.05) is 5.41 Å². The molecule has 0 amide bonds. The highest BCUT2D eigenvalue weighted by Crippen LogP contribution is 2.46. The van der Waals surface area contributed by atoms with E-state index in [1.54, 1.807) is 0 Å². The van der Waals surface area contributed by atoms with Crippen LogP contribution in [-0.4, -0.2) is 18.3 Å². The van der Waals surface area contributed by atoms with E-state index in [-0.39, 0.29) is 23.7 Å². The van der Waals surface area contributed by atoms with Crippen LogP contribution in [0.2, 0.25) is 0 Å². The second kappa shape index (κ2) is 9.54. The van der Waals surface area contributed by atoms with Gasteiger partial charge in [-0.2, -0.15) is 0 Å². The zero-order chi connectivity index (χ0) is 26.3. The van der Waals surface area contributed by atoms with Crippen LogP contribution in [0.3, 0.4) is 0 Å². The Balaban J connectivity index is 0.000000174. The fourth-order valence-electron chi connectivity index (χ4n) is 5.11. The van der Waals surface area contributed by atoms with Crippen LogP contribution in [0.4, 0.5) is 0 Å². The van der Waals surface area contributed by atoms with Crippen molar-refractivity contribution in [3.8, 4) is 0 Å². The lowest BCUT2D eigenvalue weighted by Gasteiger charge is -2.32. The third-order valence-corrected chi connectivity index (χ3v) is 7.94. The van der Waals surface area contributed by atoms with E-state index in [1.165, 1.54) is 38.6 Å². The Morgan fingerprint density at radius 2 is 1.42 bits per heavy atom. The van der Waals surface area contributed by atoms with Gasteiger partial charge in [0.2, 0.25) is 0 Å². The van der Waals surface area contributed by atoms with Gasteiger partial charge in [-0.15, -0.1) is 0 Å². The highest BCUT2D eigenvalue weighted by molar-refractivity contribution is 6.62. The fourth-order valence-corrected chi connectivity index (χ4v) is 5.11. The van der Waals surface area contributed by atoms with E-state index < -0.39 is 0 Å². The number of hydrogen-bond acceptors (Lipinski definition) is 2. The average molecular weight is 478 g/mol. The molecule has 0 N–H and O–H groups in total. The van der Waals surface area contributed by atoms with Crippen molar-refractivity contribution >= 4 is 28.9 Å². The van der Waals surface area contributed by atoms with E-state index in [2.05, 4.69) is 135 Å². The average Bonchev–Trinajstić information content (AvgIpc) is 3.18. The van der Waals surface area contributed by atoms with Gasteiger partial charge in [0.15, 0.2) is 0 Å². The summed E-state index contributed by atoms with van der Waals surface area (Å²) < 4.78 is 12.2. The first-order valence-electron chi connectivity index (χ1n) is 12.9. The minimum atomic E-state index is -0.292. The van der Waals surface area contributed by atoms with Crippen molar-refractivity contribution in [3.63, 3.8) is 0 Å². The predicted molar refractivity (Wildman–Crippen MR) is 156 cm³/mol. The van der Waals surface area contributed by atoms with Gasteiger partial charge in [-0.05, 0) is 80.1 Å². The van der Waals surface area contributed by atoms with Crippen molar-refractivity contribution in [2.24, 2.45) is 0 Å². The van der Waals surface area contributed by atoms with Gasteiger partial charge in [0.05, 0.1) is 11.2 Å². The molecule has 1 saturated heterocycles. The van der Waals surface area contributed by atoms with Crippen molar-refractivity contribution in [1.82, 2.24) is 0 Å². The van der Waals surface area contributed by atoms with Gasteiger partial charge in [-0.3, -0.25) is 0 Å². The summed E-state index contributed by atoms with van der Waals surface area (Å²) >= 11 is 0. The van der Waals surface area contributed by atoms with E-state index >= 15 is 0 Å². The number of benzene rings is 3. The largest absolute Gasteiger partial charge is 0.494 e. The standard InChI is InChI=1S/C17H21BO2.C16H18/c1-12-6-7-14-11-15(9-8-13(14)10-12)18-19-16(2,3)17(4,5)20-18;1-5-9-12-13-10-7-8-11-15(13)16(3,4)14(12)6-2/h6-11H,1-5H3;5-11H,2H2,1,3-4H3/b;9-5-. The molecule has 5 rings (SSSR count). The molecule has 1 aliphatic heterocycles. The van der Waals surface area contributed by atoms with E-state index in [0.717, 1.165) is 5.46 Å². The molecule has 0 saturated carbocycles. The third-order valence-electron chi connectivity index (χ3n) is 7.94. The molecular weight excluding hydrogens is 439 g/mol. The summed E-state index contributed by atoms with van der Waals surface area (Å²) in [4.78, 5) is 0. The Labute approximate surface area is 217 Å². The second-order valence-electron chi connectivity index (χ2n) is 11.4. The maximum absolute atomic E-state index is 6.10. The van der Waals surface area contributed by atoms with E-state index in [9.17, 15) is 0 Å². The second-order valence-corrected chi connectivity index (χ2v) is 11.4. The van der Waals surface area contributed by atoms with Gasteiger partial charge >= 0.3 is 7.12 Å². The Hall–Kier alpha value is -2.88. The molecule has 186 valence electrons. The molecule has 0 radical (unpaired) electrons. The number of rotatable bonds is 3. The number of allylic oxidation sites excluding steroid dienone is 5. The molecule has 0 bridgehead atoms. The molecule has 0 atom stereocenters. The smallest absolute Gasteiger partial charge is 0.399 e. The van der Waals surface area contributed by atoms with E-state index in [1.807, 2.05) is 6.08 Å². The zero-order valence-corrected chi connectivity index (χ0v) is 23.1. The monoisotopic (exact) mass is 478 g/mol. The van der Waals surface area contributed by atoms with Crippen LogP contribution in [0.25, 0.3) is 16.3 Å². The minimum absolute atomic E-state index is 0.0766. The lowest BCUT2D eigenvalue weighted by molar-refractivity contribution is 0.00578. The van der Waals surface area contributed by atoms with Crippen molar-refractivity contribution in [2.75, 3.05) is 0 Å². The lowest BCUT2D eigenvalue weighted by Crippen LogP contribution is -2.41. The molecule has 1 heterocycles. The van der Waals surface area contributed by atoms with Crippen LogP contribution in [0.15, 0.2) is 91.0 Å². The molecule has 2 aliphatic rings. The summed E-state index contributed by atoms with van der Waals surface area (Å²) in [7, 11) is -0.286. The van der Waals surface area contributed by atoms with Crippen molar-refractivity contribution in [3.05, 3.63) is 108 Å². The summed E-state index contributed by atoms with van der Waals surface area (Å²) in [6.07, 6.45) is 6.27. The van der Waals surface area contributed by atoms with Crippen LogP contribution in [-0.2, 0) is 14.7 Å². The Kier molecular flexibility index (Phi) is 6.94. The normalized spacial score (nSPS) is 19.4. The molecule has 0 unspecified atom stereocenters. The number of aryl methyl sites for hydroxylation is 1. The molecular formula is C33H39BO2. The third kappa shape index (κ3) is 4.63. The zero-order valence-electron chi connectivity index (χ0n) is 23.1. The van der Waals surface area contributed by atoms with Gasteiger partial charge in [-0.1, -0.05) is 105 Å². The maximum Gasteiger partial charge on any atom is 0.494 e. The van der Waals surface area contributed by atoms with E-state index in [0.29, 0.717) is 0 Å². The highest BCUT2D eigenvalue weighted by Gasteiger charge is 2.51. The first kappa shape index (κ1) is 26.2. The summed E-state index contributed by atoms with van der Waals surface area (Å²) in [5.74, 6) is 0. The van der Waals surface area contributed by atoms with Gasteiger partial charge in [-0.25, -0.2) is 0 Å². The number of hydrogen-bond donors (Lipinski definition) is 0. The van der Waals surface area contributed by atoms with Crippen LogP contribution in [0.5, 0.6) is 0 Å².